The first-order valence-electron chi connectivity index (χ1n) is 7.07. The van der Waals surface area contributed by atoms with Crippen molar-refractivity contribution < 1.29 is 4.74 Å². The van der Waals surface area contributed by atoms with Crippen molar-refractivity contribution in [2.45, 2.75) is 71.4 Å². The summed E-state index contributed by atoms with van der Waals surface area (Å²) >= 11 is 0. The van der Waals surface area contributed by atoms with E-state index in [9.17, 15) is 0 Å². The smallest absolute Gasteiger partial charge is 0.0590 e. The molecule has 96 valence electrons. The molecule has 2 atom stereocenters. The first-order chi connectivity index (χ1) is 7.72. The second kappa shape index (κ2) is 8.08. The van der Waals surface area contributed by atoms with Gasteiger partial charge in [-0.1, -0.05) is 20.8 Å². The number of ether oxygens (including phenoxy) is 1. The van der Waals surface area contributed by atoms with E-state index in [1.807, 2.05) is 0 Å². The zero-order valence-corrected chi connectivity index (χ0v) is 11.3. The molecular formula is C14H29NO. The van der Waals surface area contributed by atoms with Crippen LogP contribution in [-0.4, -0.2) is 25.3 Å². The lowest BCUT2D eigenvalue weighted by Gasteiger charge is -2.14. The van der Waals surface area contributed by atoms with E-state index in [2.05, 4.69) is 26.1 Å². The first-order valence-corrected chi connectivity index (χ1v) is 7.07. The van der Waals surface area contributed by atoms with E-state index < -0.39 is 0 Å². The molecule has 1 saturated carbocycles. The molecule has 0 spiro atoms. The number of hydrogen-bond acceptors (Lipinski definition) is 2. The molecule has 0 aliphatic heterocycles. The van der Waals surface area contributed by atoms with E-state index >= 15 is 0 Å². The van der Waals surface area contributed by atoms with Crippen LogP contribution in [0, 0.1) is 5.92 Å². The van der Waals surface area contributed by atoms with Crippen LogP contribution in [0.25, 0.3) is 0 Å². The van der Waals surface area contributed by atoms with E-state index in [4.69, 9.17) is 4.74 Å². The molecule has 0 bridgehead atoms. The minimum atomic E-state index is 0.529. The SMILES string of the molecule is CCCNC1CCC(OCCCC(C)C)C1. The van der Waals surface area contributed by atoms with Gasteiger partial charge in [0.1, 0.15) is 0 Å². The van der Waals surface area contributed by atoms with Gasteiger partial charge in [-0.05, 0) is 51.0 Å². The normalized spacial score (nSPS) is 25.5. The topological polar surface area (TPSA) is 21.3 Å². The van der Waals surface area contributed by atoms with E-state index in [-0.39, 0.29) is 0 Å². The zero-order chi connectivity index (χ0) is 11.8. The fourth-order valence-corrected chi connectivity index (χ4v) is 2.37. The first kappa shape index (κ1) is 14.0. The van der Waals surface area contributed by atoms with Gasteiger partial charge < -0.3 is 10.1 Å². The highest BCUT2D eigenvalue weighted by Gasteiger charge is 2.24. The predicted molar refractivity (Wildman–Crippen MR) is 69.7 cm³/mol. The van der Waals surface area contributed by atoms with Crippen molar-refractivity contribution in [1.29, 1.82) is 0 Å². The number of rotatable bonds is 8. The van der Waals surface area contributed by atoms with E-state index in [1.54, 1.807) is 0 Å². The molecule has 1 aliphatic carbocycles. The Morgan fingerprint density at radius 3 is 2.81 bits per heavy atom. The van der Waals surface area contributed by atoms with Gasteiger partial charge in [0.2, 0.25) is 0 Å². The van der Waals surface area contributed by atoms with Gasteiger partial charge in [0.25, 0.3) is 0 Å². The zero-order valence-electron chi connectivity index (χ0n) is 11.3. The molecule has 0 amide bonds. The van der Waals surface area contributed by atoms with Crippen molar-refractivity contribution in [3.05, 3.63) is 0 Å². The second-order valence-corrected chi connectivity index (χ2v) is 5.49. The van der Waals surface area contributed by atoms with Gasteiger partial charge >= 0.3 is 0 Å². The summed E-state index contributed by atoms with van der Waals surface area (Å²) in [7, 11) is 0. The molecule has 0 aromatic heterocycles. The molecule has 2 heteroatoms. The van der Waals surface area contributed by atoms with Crippen molar-refractivity contribution in [3.8, 4) is 0 Å². The standard InChI is InChI=1S/C14H29NO/c1-4-9-15-13-7-8-14(11-13)16-10-5-6-12(2)3/h12-15H,4-11H2,1-3H3. The Hall–Kier alpha value is -0.0800. The van der Waals surface area contributed by atoms with Gasteiger partial charge in [0, 0.05) is 12.6 Å². The molecule has 0 radical (unpaired) electrons. The van der Waals surface area contributed by atoms with Gasteiger partial charge in [0.15, 0.2) is 0 Å². The van der Waals surface area contributed by atoms with Gasteiger partial charge in [0.05, 0.1) is 6.10 Å². The van der Waals surface area contributed by atoms with Crippen molar-refractivity contribution in [1.82, 2.24) is 5.32 Å². The Morgan fingerprint density at radius 2 is 2.12 bits per heavy atom. The van der Waals surface area contributed by atoms with Crippen molar-refractivity contribution in [3.63, 3.8) is 0 Å². The summed E-state index contributed by atoms with van der Waals surface area (Å²) < 4.78 is 5.92. The van der Waals surface area contributed by atoms with Crippen LogP contribution in [0.15, 0.2) is 0 Å². The Morgan fingerprint density at radius 1 is 1.31 bits per heavy atom. The van der Waals surface area contributed by atoms with Gasteiger partial charge in [-0.3, -0.25) is 0 Å². The molecular weight excluding hydrogens is 198 g/mol. The molecule has 0 aromatic carbocycles. The summed E-state index contributed by atoms with van der Waals surface area (Å²) in [4.78, 5) is 0. The Kier molecular flexibility index (Phi) is 7.06. The van der Waals surface area contributed by atoms with E-state index in [0.717, 1.165) is 25.1 Å². The lowest BCUT2D eigenvalue weighted by atomic mass is 10.1. The molecule has 1 rings (SSSR count). The van der Waals surface area contributed by atoms with Crippen LogP contribution in [-0.2, 0) is 4.74 Å². The molecule has 2 nitrogen and oxygen atoms in total. The number of hydrogen-bond donors (Lipinski definition) is 1. The van der Waals surface area contributed by atoms with Crippen LogP contribution in [0.1, 0.15) is 59.3 Å². The third kappa shape index (κ3) is 5.86. The van der Waals surface area contributed by atoms with Gasteiger partial charge in [-0.25, -0.2) is 0 Å². The summed E-state index contributed by atoms with van der Waals surface area (Å²) in [6.45, 7) is 8.90. The summed E-state index contributed by atoms with van der Waals surface area (Å²) in [5.74, 6) is 0.811. The van der Waals surface area contributed by atoms with Gasteiger partial charge in [-0.2, -0.15) is 0 Å². The maximum absolute atomic E-state index is 5.92. The molecule has 1 fully saturated rings. The van der Waals surface area contributed by atoms with Crippen molar-refractivity contribution in [2.75, 3.05) is 13.2 Å². The Labute approximate surface area is 101 Å². The average Bonchev–Trinajstić information content (AvgIpc) is 2.69. The van der Waals surface area contributed by atoms with Gasteiger partial charge in [-0.15, -0.1) is 0 Å². The van der Waals surface area contributed by atoms with E-state index in [1.165, 1.54) is 38.5 Å². The number of nitrogens with one attached hydrogen (secondary N) is 1. The lowest BCUT2D eigenvalue weighted by molar-refractivity contribution is 0.0529. The van der Waals surface area contributed by atoms with Crippen LogP contribution in [0.4, 0.5) is 0 Å². The molecule has 16 heavy (non-hydrogen) atoms. The largest absolute Gasteiger partial charge is 0.378 e. The predicted octanol–water partition coefficient (Wildman–Crippen LogP) is 3.36. The van der Waals surface area contributed by atoms with Crippen molar-refractivity contribution in [2.24, 2.45) is 5.92 Å². The summed E-state index contributed by atoms with van der Waals surface area (Å²) in [5.41, 5.74) is 0. The molecule has 0 heterocycles. The molecule has 1 aliphatic rings. The molecule has 0 aromatic rings. The van der Waals surface area contributed by atoms with Crippen molar-refractivity contribution >= 4 is 0 Å². The van der Waals surface area contributed by atoms with Crippen LogP contribution < -0.4 is 5.32 Å². The average molecular weight is 227 g/mol. The lowest BCUT2D eigenvalue weighted by Crippen LogP contribution is -2.27. The minimum Gasteiger partial charge on any atom is -0.378 e. The monoisotopic (exact) mass is 227 g/mol. The third-order valence-electron chi connectivity index (χ3n) is 3.35. The highest BCUT2D eigenvalue weighted by atomic mass is 16.5. The van der Waals surface area contributed by atoms with Crippen LogP contribution >= 0.6 is 0 Å². The van der Waals surface area contributed by atoms with Crippen LogP contribution in [0.5, 0.6) is 0 Å². The van der Waals surface area contributed by atoms with Crippen LogP contribution in [0.3, 0.4) is 0 Å². The highest BCUT2D eigenvalue weighted by molar-refractivity contribution is 4.81. The highest BCUT2D eigenvalue weighted by Crippen LogP contribution is 2.22. The fourth-order valence-electron chi connectivity index (χ4n) is 2.37. The quantitative estimate of drug-likeness (QED) is 0.642. The summed E-state index contributed by atoms with van der Waals surface area (Å²) in [6.07, 6.45) is 8.06. The molecule has 2 unspecified atom stereocenters. The summed E-state index contributed by atoms with van der Waals surface area (Å²) in [6, 6.07) is 0.718. The second-order valence-electron chi connectivity index (χ2n) is 5.49. The Balaban J connectivity index is 1.98. The van der Waals surface area contributed by atoms with E-state index in [0.29, 0.717) is 6.10 Å². The third-order valence-corrected chi connectivity index (χ3v) is 3.35. The van der Waals surface area contributed by atoms with Crippen LogP contribution in [0.2, 0.25) is 0 Å². The molecule has 1 N–H and O–H groups in total. The Bertz CT molecular complexity index is 170. The maximum atomic E-state index is 5.92. The fraction of sp³-hybridized carbons (Fsp3) is 1.00. The maximum Gasteiger partial charge on any atom is 0.0590 e. The minimum absolute atomic E-state index is 0.529. The summed E-state index contributed by atoms with van der Waals surface area (Å²) in [5, 5.41) is 3.59. The molecule has 0 saturated heterocycles.